The molecule has 138 valence electrons. The largest absolute Gasteiger partial charge is 0.481 e. The first-order valence-corrected chi connectivity index (χ1v) is 8.71. The first kappa shape index (κ1) is 24.1. The zero-order chi connectivity index (χ0) is 16.0. The number of rotatable bonds is 5. The second-order valence-electron chi connectivity index (χ2n) is 4.71. The maximum atomic E-state index is 11.1. The molecule has 13 heteroatoms. The third kappa shape index (κ3) is 10.3. The van der Waals surface area contributed by atoms with Crippen LogP contribution in [0.5, 0.6) is 0 Å². The molecule has 2 amide bonds. The fraction of sp³-hybridized carbons (Fsp3) is 0.800. The Morgan fingerprint density at radius 2 is 1.78 bits per heavy atom. The van der Waals surface area contributed by atoms with Gasteiger partial charge in [0, 0.05) is 17.4 Å². The lowest BCUT2D eigenvalue weighted by atomic mass is 10.0. The van der Waals surface area contributed by atoms with Gasteiger partial charge < -0.3 is 28.0 Å². The van der Waals surface area contributed by atoms with Crippen molar-refractivity contribution in [2.24, 2.45) is 0 Å². The van der Waals surface area contributed by atoms with Crippen LogP contribution in [-0.2, 0) is 15.2 Å². The minimum Gasteiger partial charge on any atom is -0.481 e. The van der Waals surface area contributed by atoms with E-state index in [4.69, 9.17) is 22.6 Å². The number of hydrogen-bond acceptors (Lipinski definition) is 7. The molecule has 2 aliphatic rings. The zero-order valence-corrected chi connectivity index (χ0v) is 14.1. The van der Waals surface area contributed by atoms with Gasteiger partial charge in [0.15, 0.2) is 0 Å². The highest BCUT2D eigenvalue weighted by molar-refractivity contribution is 8.00. The summed E-state index contributed by atoms with van der Waals surface area (Å²) in [6.45, 7) is 0. The molecule has 11 nitrogen and oxygen atoms in total. The number of nitrogens with one attached hydrogen (secondary N) is 2. The number of fused-ring (bicyclic) bond motifs is 1. The molecule has 2 saturated heterocycles. The number of hydrogen-bond donors (Lipinski definition) is 7. The molecule has 2 rings (SSSR count). The molecular weight excluding hydrogens is 352 g/mol. The highest BCUT2D eigenvalue weighted by Crippen LogP contribution is 2.33. The van der Waals surface area contributed by atoms with Crippen LogP contribution in [0.25, 0.3) is 0 Å². The van der Waals surface area contributed by atoms with Crippen molar-refractivity contribution in [2.75, 3.05) is 5.75 Å². The average Bonchev–Trinajstić information content (AvgIpc) is 2.82. The van der Waals surface area contributed by atoms with E-state index in [1.807, 2.05) is 11.8 Å². The minimum atomic E-state index is -4.67. The third-order valence-electron chi connectivity index (χ3n) is 3.07. The Balaban J connectivity index is 0. The Labute approximate surface area is 138 Å². The molecule has 2 aliphatic heterocycles. The van der Waals surface area contributed by atoms with Crippen LogP contribution in [-0.4, -0.2) is 57.7 Å². The monoisotopic (exact) mass is 376 g/mol. The van der Waals surface area contributed by atoms with Gasteiger partial charge in [0.05, 0.1) is 12.1 Å². The Morgan fingerprint density at radius 1 is 1.22 bits per heavy atom. The van der Waals surface area contributed by atoms with Crippen molar-refractivity contribution >= 4 is 34.2 Å². The predicted octanol–water partition coefficient (Wildman–Crippen LogP) is 0.468. The summed E-state index contributed by atoms with van der Waals surface area (Å²) >= 11 is 1.87. The van der Waals surface area contributed by atoms with Crippen molar-refractivity contribution in [3.05, 3.63) is 0 Å². The van der Waals surface area contributed by atoms with Crippen LogP contribution in [0.2, 0.25) is 0 Å². The Kier molecular flexibility index (Phi) is 11.1. The van der Waals surface area contributed by atoms with E-state index in [0.29, 0.717) is 5.25 Å². The molecule has 0 saturated carbocycles. The van der Waals surface area contributed by atoms with Gasteiger partial charge in [0.25, 0.3) is 0 Å². The molecule has 0 aliphatic carbocycles. The number of carbonyl (C=O) groups excluding carboxylic acids is 1. The van der Waals surface area contributed by atoms with Crippen molar-refractivity contribution < 1.29 is 32.2 Å². The van der Waals surface area contributed by atoms with Crippen LogP contribution in [0, 0.1) is 0 Å². The normalized spacial score (nSPS) is 24.8. The van der Waals surface area contributed by atoms with Gasteiger partial charge in [-0.25, -0.2) is 4.79 Å². The van der Waals surface area contributed by atoms with Crippen LogP contribution in [0.4, 0.5) is 4.79 Å². The standard InChI is InChI=1S/C10H16N2O3S.2H3N.H2O4S/c13-8(14)4-2-1-3-7-9-6(5-16-7)11-10(15)12-9;;;1-5(2,3)4/h6-7,9H,1-5H2,(H,13,14)(H2,11,12,15);2*1H3;(H2,1,2,3,4)/t6-,7-,9-;;;/m0.../s1. The van der Waals surface area contributed by atoms with E-state index in [9.17, 15) is 9.59 Å². The van der Waals surface area contributed by atoms with Crippen molar-refractivity contribution in [1.29, 1.82) is 0 Å². The number of unbranched alkanes of at least 4 members (excludes halogenated alkanes) is 1. The van der Waals surface area contributed by atoms with Gasteiger partial charge in [-0.05, 0) is 12.8 Å². The second-order valence-corrected chi connectivity index (χ2v) is 6.88. The highest BCUT2D eigenvalue weighted by Gasteiger charge is 2.42. The van der Waals surface area contributed by atoms with Crippen molar-refractivity contribution in [1.82, 2.24) is 22.9 Å². The molecule has 0 spiro atoms. The van der Waals surface area contributed by atoms with Gasteiger partial charge in [0.1, 0.15) is 0 Å². The maximum absolute atomic E-state index is 11.1. The van der Waals surface area contributed by atoms with Crippen molar-refractivity contribution in [2.45, 2.75) is 43.0 Å². The van der Waals surface area contributed by atoms with Gasteiger partial charge in [0.2, 0.25) is 0 Å². The van der Waals surface area contributed by atoms with Crippen LogP contribution >= 0.6 is 11.8 Å². The number of carbonyl (C=O) groups is 2. The molecule has 0 bridgehead atoms. The number of thioether (sulfide) groups is 1. The lowest BCUT2D eigenvalue weighted by molar-refractivity contribution is -0.137. The molecule has 3 atom stereocenters. The van der Waals surface area contributed by atoms with Gasteiger partial charge >= 0.3 is 22.4 Å². The molecule has 2 fully saturated rings. The van der Waals surface area contributed by atoms with Crippen LogP contribution in [0.15, 0.2) is 0 Å². The number of carboxylic acid groups (broad SMARTS) is 1. The van der Waals surface area contributed by atoms with Crippen LogP contribution in [0.1, 0.15) is 25.7 Å². The fourth-order valence-corrected chi connectivity index (χ4v) is 3.81. The predicted molar refractivity (Wildman–Crippen MR) is 85.8 cm³/mol. The minimum absolute atomic E-state index is 0. The lowest BCUT2D eigenvalue weighted by Crippen LogP contribution is -2.36. The summed E-state index contributed by atoms with van der Waals surface area (Å²) in [5, 5.41) is 14.8. The molecule has 0 aromatic carbocycles. The summed E-state index contributed by atoms with van der Waals surface area (Å²) in [6, 6.07) is 0.440. The van der Waals surface area contributed by atoms with Crippen LogP contribution < -0.4 is 22.9 Å². The van der Waals surface area contributed by atoms with E-state index in [0.717, 1.165) is 25.0 Å². The second kappa shape index (κ2) is 10.6. The first-order chi connectivity index (χ1) is 9.66. The zero-order valence-electron chi connectivity index (χ0n) is 12.5. The van der Waals surface area contributed by atoms with E-state index >= 15 is 0 Å². The molecule has 2 heterocycles. The molecule has 11 N–H and O–H groups in total. The van der Waals surface area contributed by atoms with E-state index in [-0.39, 0.29) is 36.8 Å². The Morgan fingerprint density at radius 3 is 2.30 bits per heavy atom. The van der Waals surface area contributed by atoms with Crippen molar-refractivity contribution in [3.63, 3.8) is 0 Å². The smallest absolute Gasteiger partial charge is 0.394 e. The van der Waals surface area contributed by atoms with Crippen LogP contribution in [0.3, 0.4) is 0 Å². The number of carboxylic acids is 1. The van der Waals surface area contributed by atoms with Gasteiger partial charge in [-0.2, -0.15) is 20.2 Å². The summed E-state index contributed by atoms with van der Waals surface area (Å²) in [6.07, 6.45) is 2.88. The molecule has 0 aromatic heterocycles. The van der Waals surface area contributed by atoms with Gasteiger partial charge in [-0.15, -0.1) is 0 Å². The summed E-state index contributed by atoms with van der Waals surface area (Å²) < 4.78 is 31.6. The SMILES string of the molecule is N.N.O=C(O)CCCC[C@@H]1SC[C@@H]2NC(=O)N[C@@H]21.O=S(=O)(O)O. The molecule has 0 aromatic rings. The van der Waals surface area contributed by atoms with Crippen molar-refractivity contribution in [3.8, 4) is 0 Å². The number of aliphatic carboxylic acids is 1. The number of urea groups is 1. The maximum Gasteiger partial charge on any atom is 0.394 e. The van der Waals surface area contributed by atoms with Gasteiger partial charge in [-0.3, -0.25) is 13.9 Å². The van der Waals surface area contributed by atoms with E-state index in [2.05, 4.69) is 10.6 Å². The first-order valence-electron chi connectivity index (χ1n) is 6.27. The summed E-state index contributed by atoms with van der Waals surface area (Å²) in [4.78, 5) is 21.5. The van der Waals surface area contributed by atoms with E-state index in [1.54, 1.807) is 0 Å². The van der Waals surface area contributed by atoms with E-state index in [1.165, 1.54) is 0 Å². The molecular formula is C10H24N4O7S2. The topological polar surface area (TPSA) is 223 Å². The summed E-state index contributed by atoms with van der Waals surface area (Å²) in [7, 11) is -4.67. The molecule has 0 unspecified atom stereocenters. The fourth-order valence-electron chi connectivity index (χ4n) is 2.26. The number of amides is 2. The lowest BCUT2D eigenvalue weighted by Gasteiger charge is -2.16. The quantitative estimate of drug-likeness (QED) is 0.199. The molecule has 23 heavy (non-hydrogen) atoms. The highest BCUT2D eigenvalue weighted by atomic mass is 32.3. The summed E-state index contributed by atoms with van der Waals surface area (Å²) in [5.41, 5.74) is 0. The Hall–Kier alpha value is -1.12. The Bertz CT molecular complexity index is 480. The van der Waals surface area contributed by atoms with E-state index < -0.39 is 16.4 Å². The van der Waals surface area contributed by atoms with Gasteiger partial charge in [-0.1, -0.05) is 6.42 Å². The molecule has 0 radical (unpaired) electrons. The summed E-state index contributed by atoms with van der Waals surface area (Å²) in [5.74, 6) is 0.236. The third-order valence-corrected chi connectivity index (χ3v) is 4.58. The average molecular weight is 376 g/mol.